The number of likely N-dealkylation sites (N-methyl/N-ethyl adjacent to an activating group) is 2. The predicted octanol–water partition coefficient (Wildman–Crippen LogP) is 2.63. The zero-order valence-electron chi connectivity index (χ0n) is 79.3. The number of carbonyl (C=O) groups is 7. The van der Waals surface area contributed by atoms with Crippen molar-refractivity contribution < 1.29 is 163 Å². The minimum Gasteiger partial charge on any atom is -1.00 e. The van der Waals surface area contributed by atoms with E-state index < -0.39 is 11.7 Å². The highest BCUT2D eigenvalue weighted by Crippen LogP contribution is 2.26. The number of ether oxygens (including phenoxy) is 2. The summed E-state index contributed by atoms with van der Waals surface area (Å²) in [5.41, 5.74) is 9.26. The monoisotopic (exact) mass is 2110 g/mol. The molecule has 2 N–H and O–H groups in total. The summed E-state index contributed by atoms with van der Waals surface area (Å²) in [6.07, 6.45) is 49.2. The number of aromatic nitrogens is 2. The third kappa shape index (κ3) is 58.6. The molecule has 2 amide bonds. The van der Waals surface area contributed by atoms with Crippen LogP contribution in [0.2, 0.25) is 0 Å². The normalized spacial score (nSPS) is 10.9. The molecule has 0 aliphatic rings. The average Bonchev–Trinajstić information content (AvgIpc) is 0.840. The SMILES string of the molecule is C=C(C)C(=O)CCc1cc[n+](CCCCCCCCCCCC[n+]2ccc(CNC(=O)C(=C)C)cc2)cc1.C=C(C)C(=O)Cc1ccc([N+](C)(C)CCCCCCCCCCCC[N+](C)(C)c2ccc(NC(=O)C(C)=O)cc2)cc1.C=C(C)C(=O)OCC[N+](CC)(CC)CCCCCCCCCCCC[N+](CC)(CC)CCOC(=O)C(=C)C.[Br-].[Br-].[Br-].[Br-].[Br-].[Br-]. The molecule has 0 aliphatic heterocycles. The number of allylic oxidation sites excluding steroid dienone is 2. The topological polar surface area (TPSA) is 170 Å². The maximum atomic E-state index is 11.9. The number of aryl methyl sites for hydroxylation is 3. The van der Waals surface area contributed by atoms with E-state index in [0.717, 1.165) is 101 Å². The first-order valence-electron chi connectivity index (χ1n) is 45.6. The number of rotatable bonds is 65. The smallest absolute Gasteiger partial charge is 0.333 e. The van der Waals surface area contributed by atoms with Crippen molar-refractivity contribution in [3.8, 4) is 0 Å². The lowest BCUT2D eigenvalue weighted by atomic mass is 10.0. The van der Waals surface area contributed by atoms with Gasteiger partial charge in [-0.05, 0) is 185 Å². The van der Waals surface area contributed by atoms with Crippen LogP contribution in [0.1, 0.15) is 285 Å². The Balaban J connectivity index is -0.000000559. The van der Waals surface area contributed by atoms with E-state index >= 15 is 0 Å². The Morgan fingerprint density at radius 1 is 0.339 bits per heavy atom. The lowest BCUT2D eigenvalue weighted by Crippen LogP contribution is -3.00. The molecule has 706 valence electrons. The van der Waals surface area contributed by atoms with Gasteiger partial charge in [0.2, 0.25) is 11.7 Å². The fourth-order valence-corrected chi connectivity index (χ4v) is 14.7. The number of benzene rings is 2. The van der Waals surface area contributed by atoms with E-state index in [-0.39, 0.29) is 131 Å². The summed E-state index contributed by atoms with van der Waals surface area (Å²) in [5.74, 6) is -1.44. The molecule has 2 aromatic heterocycles. The van der Waals surface area contributed by atoms with Gasteiger partial charge >= 0.3 is 11.9 Å². The van der Waals surface area contributed by atoms with Crippen LogP contribution in [0.3, 0.4) is 0 Å². The van der Waals surface area contributed by atoms with Gasteiger partial charge in [-0.2, -0.15) is 0 Å². The average molecular weight is 2120 g/mol. The van der Waals surface area contributed by atoms with E-state index in [2.05, 4.69) is 182 Å². The van der Waals surface area contributed by atoms with Crippen molar-refractivity contribution in [2.75, 3.05) is 112 Å². The number of unbranched alkanes of at least 4 members (excludes halogenated alkanes) is 27. The van der Waals surface area contributed by atoms with Gasteiger partial charge in [-0.15, -0.1) is 0 Å². The molecule has 0 unspecified atom stereocenters. The summed E-state index contributed by atoms with van der Waals surface area (Å²) in [7, 11) is 8.97. The molecule has 2 aromatic carbocycles. The number of carbonyl (C=O) groups excluding carboxylic acids is 7. The molecule has 0 atom stereocenters. The highest BCUT2D eigenvalue weighted by Gasteiger charge is 2.26. The van der Waals surface area contributed by atoms with Crippen LogP contribution in [-0.2, 0) is 75.5 Å². The summed E-state index contributed by atoms with van der Waals surface area (Å²) >= 11 is 0. The highest BCUT2D eigenvalue weighted by atomic mass is 79.9. The number of hydrogen-bond acceptors (Lipinski definition) is 9. The zero-order chi connectivity index (χ0) is 87.6. The number of nitrogens with zero attached hydrogens (tertiary/aromatic N) is 6. The largest absolute Gasteiger partial charge is 1.00 e. The maximum absolute atomic E-state index is 11.9. The molecule has 0 fully saturated rings. The number of Topliss-reactive ketones (excluding diaryl/α,β-unsaturated/α-hetero) is 3. The van der Waals surface area contributed by atoms with E-state index in [4.69, 9.17) is 9.47 Å². The summed E-state index contributed by atoms with van der Waals surface area (Å²) in [6.45, 7) is 51.6. The molecule has 0 bridgehead atoms. The number of amides is 2. The van der Waals surface area contributed by atoms with Gasteiger partial charge in [0.15, 0.2) is 36.4 Å². The van der Waals surface area contributed by atoms with Crippen molar-refractivity contribution in [3.63, 3.8) is 0 Å². The van der Waals surface area contributed by atoms with Crippen molar-refractivity contribution in [1.29, 1.82) is 0 Å². The van der Waals surface area contributed by atoms with Gasteiger partial charge in [-0.3, -0.25) is 32.9 Å². The van der Waals surface area contributed by atoms with Crippen molar-refractivity contribution in [3.05, 3.63) is 175 Å². The maximum Gasteiger partial charge on any atom is 0.333 e. The molecule has 0 radical (unpaired) electrons. The fourth-order valence-electron chi connectivity index (χ4n) is 14.7. The molecule has 2 heterocycles. The lowest BCUT2D eigenvalue weighted by Gasteiger charge is -2.36. The number of pyridine rings is 2. The Kier molecular flexibility index (Phi) is 76.9. The minimum absolute atomic E-state index is 0. The molecular formula is C101H166Br6N8O9. The Hall–Kier alpha value is -4.95. The second kappa shape index (κ2) is 74.8. The van der Waals surface area contributed by atoms with E-state index in [1.807, 2.05) is 24.3 Å². The lowest BCUT2D eigenvalue weighted by molar-refractivity contribution is -0.925. The number of hydrogen-bond donors (Lipinski definition) is 2. The standard InChI is InChI=1S/C36H54N3O3.C33H48N3O2.C32H62N2O4.6BrH/c1-29(2)35(41)28-31-18-22-33(23-19-31)38(4,5)26-16-14-12-10-8-9-11-13-15-17-27-39(6,7)34-24-20-32(21-25-34)37-36(42)30(3)40;1-28(2)32(37)16-15-30-17-23-35(24-18-30)21-13-11-9-7-5-6-8-10-12-14-22-36-25-19-31(20-26-36)27-34-33(38)29(3)4;1-9-33(10-2,25-27-37-31(35)29(5)6)23-21-19-17-15-13-14-16-18-20-22-24-34(11-3,12-4)26-28-38-32(36)30(7)8;;;;;;/h18-25H,1,8-17,26-28H2,2-7H3;17-20,23-26H,1,3,5-16,21-22,27H2,2,4H3;5,7,9-28H2,1-4,6,8H3;6*1H/q2*+1;+2;;;;;;/p-4. The van der Waals surface area contributed by atoms with Crippen LogP contribution in [0.15, 0.2) is 158 Å². The molecule has 0 saturated carbocycles. The van der Waals surface area contributed by atoms with Crippen molar-refractivity contribution in [2.45, 2.75) is 301 Å². The van der Waals surface area contributed by atoms with Gasteiger partial charge in [-0.1, -0.05) is 161 Å². The van der Waals surface area contributed by atoms with E-state index in [1.165, 1.54) is 230 Å². The van der Waals surface area contributed by atoms with Crippen molar-refractivity contribution >= 4 is 58.2 Å². The first-order chi connectivity index (χ1) is 56.3. The number of esters is 2. The van der Waals surface area contributed by atoms with Gasteiger partial charge in [0, 0.05) is 98.0 Å². The van der Waals surface area contributed by atoms with Crippen molar-refractivity contribution in [2.24, 2.45) is 0 Å². The number of anilines is 1. The third-order valence-electron chi connectivity index (χ3n) is 23.8. The first kappa shape index (κ1) is 128. The summed E-state index contributed by atoms with van der Waals surface area (Å²) < 4.78 is 18.9. The molecule has 0 saturated heterocycles. The van der Waals surface area contributed by atoms with Crippen LogP contribution in [0, 0.1) is 0 Å². The van der Waals surface area contributed by atoms with Crippen LogP contribution in [-0.4, -0.2) is 157 Å². The Bertz CT molecular complexity index is 3390. The molecule has 4 rings (SSSR count). The van der Waals surface area contributed by atoms with Gasteiger partial charge in [0.1, 0.15) is 50.8 Å². The van der Waals surface area contributed by atoms with Gasteiger partial charge < -0.3 is 131 Å². The molecular weight excluding hydrogens is 1950 g/mol. The van der Waals surface area contributed by atoms with Gasteiger partial charge in [0.25, 0.3) is 5.91 Å². The quantitative estimate of drug-likeness (QED) is 0.0169. The van der Waals surface area contributed by atoms with Gasteiger partial charge in [0.05, 0.1) is 80.5 Å². The third-order valence-corrected chi connectivity index (χ3v) is 23.8. The molecule has 124 heavy (non-hydrogen) atoms. The number of ketones is 3. The number of halogens is 6. The summed E-state index contributed by atoms with van der Waals surface area (Å²) in [4.78, 5) is 81.2. The highest BCUT2D eigenvalue weighted by molar-refractivity contribution is 6.39. The van der Waals surface area contributed by atoms with E-state index in [1.54, 1.807) is 34.6 Å². The molecule has 0 spiro atoms. The fraction of sp³-hybridized carbons (Fsp3) is 0.614. The first-order valence-corrected chi connectivity index (χ1v) is 45.6. The zero-order valence-corrected chi connectivity index (χ0v) is 88.9. The molecule has 23 heteroatoms. The number of nitrogens with one attached hydrogen (secondary N) is 2. The number of quaternary nitrogens is 4. The minimum atomic E-state index is -0.579. The Morgan fingerprint density at radius 3 is 0.952 bits per heavy atom. The molecule has 0 aliphatic carbocycles. The van der Waals surface area contributed by atoms with Crippen LogP contribution in [0.25, 0.3) is 0 Å². The Morgan fingerprint density at radius 2 is 0.645 bits per heavy atom. The molecule has 17 nitrogen and oxygen atoms in total. The van der Waals surface area contributed by atoms with Crippen LogP contribution in [0.5, 0.6) is 0 Å². The summed E-state index contributed by atoms with van der Waals surface area (Å²) in [6, 6.07) is 24.7. The van der Waals surface area contributed by atoms with Crippen LogP contribution < -0.4 is 131 Å². The predicted molar refractivity (Wildman–Crippen MR) is 493 cm³/mol. The second-order valence-corrected chi connectivity index (χ2v) is 34.8. The summed E-state index contributed by atoms with van der Waals surface area (Å²) in [5, 5.41) is 5.49. The molecule has 4 aromatic rings. The van der Waals surface area contributed by atoms with Crippen molar-refractivity contribution in [1.82, 2.24) is 14.3 Å². The second-order valence-electron chi connectivity index (χ2n) is 34.8. The van der Waals surface area contributed by atoms with Gasteiger partial charge in [-0.25, -0.2) is 18.7 Å². The van der Waals surface area contributed by atoms with Crippen LogP contribution in [0.4, 0.5) is 17.1 Å². The van der Waals surface area contributed by atoms with E-state index in [9.17, 15) is 33.6 Å². The van der Waals surface area contributed by atoms with Crippen LogP contribution >= 0.6 is 0 Å². The Labute approximate surface area is 816 Å². The van der Waals surface area contributed by atoms with E-state index in [0.29, 0.717) is 66.2 Å².